The minimum absolute atomic E-state index is 0.835. The Bertz CT molecular complexity index is 1670. The maximum absolute atomic E-state index is 5.19. The third-order valence-electron chi connectivity index (χ3n) is 7.64. The average molecular weight is 543 g/mol. The quantitative estimate of drug-likeness (QED) is 0.209. The summed E-state index contributed by atoms with van der Waals surface area (Å²) < 4.78 is 0. The molecule has 0 aliphatic carbocycles. The Morgan fingerprint density at radius 2 is 0.643 bits per heavy atom. The van der Waals surface area contributed by atoms with Crippen molar-refractivity contribution < 1.29 is 0 Å². The lowest BCUT2D eigenvalue weighted by atomic mass is 9.93. The van der Waals surface area contributed by atoms with E-state index in [0.717, 1.165) is 55.8 Å². The van der Waals surface area contributed by atoms with Crippen LogP contribution in [0.25, 0.3) is 34.3 Å². The van der Waals surface area contributed by atoms with Crippen molar-refractivity contribution in [3.63, 3.8) is 0 Å². The van der Waals surface area contributed by atoms with Crippen LogP contribution < -0.4 is 0 Å². The number of nitrogens with zero attached hydrogens (tertiary/aromatic N) is 2. The third kappa shape index (κ3) is 5.99. The Kier molecular flexibility index (Phi) is 7.62. The Labute approximate surface area is 248 Å². The van der Waals surface area contributed by atoms with Gasteiger partial charge in [0.05, 0.1) is 22.4 Å². The first-order valence-electron chi connectivity index (χ1n) is 14.4. The van der Waals surface area contributed by atoms with E-state index < -0.39 is 0 Å². The molecule has 6 rings (SSSR count). The summed E-state index contributed by atoms with van der Waals surface area (Å²) in [6, 6.07) is 42.9. The highest BCUT2D eigenvalue weighted by Gasteiger charge is 2.13. The molecule has 6 aromatic rings. The maximum atomic E-state index is 5.19. The number of rotatable bonds is 6. The first-order valence-corrected chi connectivity index (χ1v) is 14.4. The van der Waals surface area contributed by atoms with E-state index in [9.17, 15) is 0 Å². The molecule has 1 aromatic heterocycles. The summed E-state index contributed by atoms with van der Waals surface area (Å²) in [6.45, 7) is 8.48. The molecule has 0 atom stereocenters. The zero-order valence-electron chi connectivity index (χ0n) is 24.6. The van der Waals surface area contributed by atoms with E-state index in [1.807, 2.05) is 24.3 Å². The number of benzene rings is 5. The number of fused-ring (bicyclic) bond motifs is 1. The zero-order chi connectivity index (χ0) is 29.1. The standard InChI is InChI=1S/C40H34N2/c1-27-9-17-31(18-10-27)35(32-19-11-28(2)12-20-32)25-39-40(42-38-8-6-5-7-37(38)41-39)26-36(33-21-13-29(3)14-22-33)34-23-15-30(4)16-24-34/h5-26H,1-4H3. The first kappa shape index (κ1) is 27.1. The summed E-state index contributed by atoms with van der Waals surface area (Å²) in [6.07, 6.45) is 4.39. The molecule has 0 unspecified atom stereocenters. The molecule has 0 amide bonds. The Morgan fingerprint density at radius 3 is 0.905 bits per heavy atom. The number of hydrogen-bond donors (Lipinski definition) is 0. The van der Waals surface area contributed by atoms with Crippen LogP contribution in [0.2, 0.25) is 0 Å². The van der Waals surface area contributed by atoms with E-state index in [1.54, 1.807) is 0 Å². The lowest BCUT2D eigenvalue weighted by molar-refractivity contribution is 1.24. The van der Waals surface area contributed by atoms with Gasteiger partial charge in [0.25, 0.3) is 0 Å². The summed E-state index contributed by atoms with van der Waals surface area (Å²) in [5.41, 5.74) is 15.2. The molecule has 0 saturated carbocycles. The van der Waals surface area contributed by atoms with Crippen molar-refractivity contribution in [3.8, 4) is 0 Å². The minimum atomic E-state index is 0.835. The van der Waals surface area contributed by atoms with Crippen molar-refractivity contribution >= 4 is 34.3 Å². The predicted molar refractivity (Wildman–Crippen MR) is 178 cm³/mol. The van der Waals surface area contributed by atoms with Gasteiger partial charge in [0, 0.05) is 0 Å². The highest BCUT2D eigenvalue weighted by molar-refractivity contribution is 5.96. The number of aromatic nitrogens is 2. The second kappa shape index (κ2) is 11.8. The molecule has 0 aliphatic rings. The summed E-state index contributed by atoms with van der Waals surface area (Å²) in [4.78, 5) is 10.4. The van der Waals surface area contributed by atoms with Crippen LogP contribution in [0.5, 0.6) is 0 Å². The molecule has 0 saturated heterocycles. The first-order chi connectivity index (χ1) is 20.4. The van der Waals surface area contributed by atoms with Crippen LogP contribution in [-0.2, 0) is 0 Å². The van der Waals surface area contributed by atoms with Gasteiger partial charge in [-0.25, -0.2) is 9.97 Å². The van der Waals surface area contributed by atoms with Crippen LogP contribution in [0, 0.1) is 27.7 Å². The van der Waals surface area contributed by atoms with Crippen molar-refractivity contribution in [1.29, 1.82) is 0 Å². The van der Waals surface area contributed by atoms with Gasteiger partial charge < -0.3 is 0 Å². The fourth-order valence-electron chi connectivity index (χ4n) is 5.11. The molecule has 0 N–H and O–H groups in total. The SMILES string of the molecule is Cc1ccc(C(=Cc2nc3ccccc3nc2C=C(c2ccc(C)cc2)c2ccc(C)cc2)c2ccc(C)cc2)cc1. The second-order valence-corrected chi connectivity index (χ2v) is 11.1. The van der Waals surface area contributed by atoms with Gasteiger partial charge in [-0.05, 0) is 85.4 Å². The third-order valence-corrected chi connectivity index (χ3v) is 7.64. The van der Waals surface area contributed by atoms with Crippen molar-refractivity contribution in [2.24, 2.45) is 0 Å². The van der Waals surface area contributed by atoms with Crippen LogP contribution in [-0.4, -0.2) is 9.97 Å². The smallest absolute Gasteiger partial charge is 0.0901 e. The van der Waals surface area contributed by atoms with E-state index >= 15 is 0 Å². The number of para-hydroxylation sites is 2. The topological polar surface area (TPSA) is 25.8 Å². The molecule has 0 bridgehead atoms. The van der Waals surface area contributed by atoms with Gasteiger partial charge in [0.15, 0.2) is 0 Å². The van der Waals surface area contributed by atoms with Crippen molar-refractivity contribution in [2.45, 2.75) is 27.7 Å². The maximum Gasteiger partial charge on any atom is 0.0901 e. The minimum Gasteiger partial charge on any atom is -0.244 e. The molecule has 0 radical (unpaired) electrons. The fourth-order valence-corrected chi connectivity index (χ4v) is 5.11. The number of hydrogen-bond acceptors (Lipinski definition) is 2. The monoisotopic (exact) mass is 542 g/mol. The zero-order valence-corrected chi connectivity index (χ0v) is 24.6. The molecule has 2 heteroatoms. The summed E-state index contributed by atoms with van der Waals surface area (Å²) >= 11 is 0. The average Bonchev–Trinajstić information content (AvgIpc) is 3.01. The van der Waals surface area contributed by atoms with Crippen LogP contribution in [0.1, 0.15) is 55.9 Å². The largest absolute Gasteiger partial charge is 0.244 e. The van der Waals surface area contributed by atoms with Crippen LogP contribution in [0.3, 0.4) is 0 Å². The molecule has 42 heavy (non-hydrogen) atoms. The fraction of sp³-hybridized carbons (Fsp3) is 0.100. The van der Waals surface area contributed by atoms with E-state index in [2.05, 4.69) is 137 Å². The van der Waals surface area contributed by atoms with Crippen molar-refractivity contribution in [3.05, 3.63) is 177 Å². The van der Waals surface area contributed by atoms with Crippen LogP contribution >= 0.6 is 0 Å². The molecular weight excluding hydrogens is 508 g/mol. The van der Waals surface area contributed by atoms with Gasteiger partial charge in [-0.3, -0.25) is 0 Å². The van der Waals surface area contributed by atoms with Gasteiger partial charge in [0.1, 0.15) is 0 Å². The molecular formula is C40H34N2. The van der Waals surface area contributed by atoms with E-state index in [-0.39, 0.29) is 0 Å². The number of aryl methyl sites for hydroxylation is 4. The van der Waals surface area contributed by atoms with E-state index in [1.165, 1.54) is 22.3 Å². The van der Waals surface area contributed by atoms with Gasteiger partial charge in [0.2, 0.25) is 0 Å². The summed E-state index contributed by atoms with van der Waals surface area (Å²) in [5.74, 6) is 0. The van der Waals surface area contributed by atoms with Crippen LogP contribution in [0.15, 0.2) is 121 Å². The lowest BCUT2D eigenvalue weighted by Crippen LogP contribution is -1.98. The second-order valence-electron chi connectivity index (χ2n) is 11.1. The summed E-state index contributed by atoms with van der Waals surface area (Å²) in [7, 11) is 0. The molecule has 5 aromatic carbocycles. The highest BCUT2D eigenvalue weighted by atomic mass is 14.8. The molecule has 0 aliphatic heterocycles. The molecule has 0 spiro atoms. The van der Waals surface area contributed by atoms with E-state index in [0.29, 0.717) is 0 Å². The summed E-state index contributed by atoms with van der Waals surface area (Å²) in [5, 5.41) is 0. The Hall–Kier alpha value is -5.08. The molecule has 2 nitrogen and oxygen atoms in total. The Balaban J connectivity index is 1.62. The predicted octanol–water partition coefficient (Wildman–Crippen LogP) is 10.0. The lowest BCUT2D eigenvalue weighted by Gasteiger charge is -2.13. The normalized spacial score (nSPS) is 10.9. The van der Waals surface area contributed by atoms with Gasteiger partial charge >= 0.3 is 0 Å². The van der Waals surface area contributed by atoms with Gasteiger partial charge in [-0.1, -0.05) is 131 Å². The van der Waals surface area contributed by atoms with Crippen molar-refractivity contribution in [1.82, 2.24) is 9.97 Å². The van der Waals surface area contributed by atoms with Crippen molar-refractivity contribution in [2.75, 3.05) is 0 Å². The Morgan fingerprint density at radius 1 is 0.381 bits per heavy atom. The highest BCUT2D eigenvalue weighted by Crippen LogP contribution is 2.31. The molecule has 0 fully saturated rings. The van der Waals surface area contributed by atoms with E-state index in [4.69, 9.17) is 9.97 Å². The van der Waals surface area contributed by atoms with Gasteiger partial charge in [-0.15, -0.1) is 0 Å². The molecule has 204 valence electrons. The van der Waals surface area contributed by atoms with Crippen LogP contribution in [0.4, 0.5) is 0 Å². The van der Waals surface area contributed by atoms with Gasteiger partial charge in [-0.2, -0.15) is 0 Å². The molecule has 1 heterocycles.